The molecule has 2 rings (SSSR count). The van der Waals surface area contributed by atoms with Crippen molar-refractivity contribution in [3.05, 3.63) is 35.1 Å². The second-order valence-electron chi connectivity index (χ2n) is 3.96. The summed E-state index contributed by atoms with van der Waals surface area (Å²) in [5, 5.41) is 7.11. The normalized spacial score (nSPS) is 11.6. The number of hydrogen-bond donors (Lipinski definition) is 2. The van der Waals surface area contributed by atoms with Crippen LogP contribution in [-0.2, 0) is 4.79 Å². The minimum atomic E-state index is -0.360. The molecule has 1 heterocycles. The molecule has 0 aliphatic heterocycles. The molecular formula is C12H14Cl2N4O2. The van der Waals surface area contributed by atoms with E-state index in [9.17, 15) is 4.79 Å². The van der Waals surface area contributed by atoms with Crippen molar-refractivity contribution in [2.24, 2.45) is 5.73 Å². The van der Waals surface area contributed by atoms with Gasteiger partial charge in [-0.3, -0.25) is 4.79 Å². The summed E-state index contributed by atoms with van der Waals surface area (Å²) in [6, 6.07) is 6.67. The van der Waals surface area contributed by atoms with Gasteiger partial charge in [0.25, 0.3) is 5.89 Å². The summed E-state index contributed by atoms with van der Waals surface area (Å²) < 4.78 is 5.14. The van der Waals surface area contributed by atoms with E-state index >= 15 is 0 Å². The SMILES string of the molecule is CC(NC(=O)CN)c1noc(-c2ccc(Cl)cc2)n1.Cl. The molecule has 1 atom stereocenters. The van der Waals surface area contributed by atoms with Gasteiger partial charge in [0.2, 0.25) is 5.91 Å². The van der Waals surface area contributed by atoms with Crippen molar-refractivity contribution in [3.63, 3.8) is 0 Å². The standard InChI is InChI=1S/C12H13ClN4O2.ClH/c1-7(15-10(18)6-14)11-16-12(19-17-11)8-2-4-9(13)5-3-8;/h2-5,7H,6,14H2,1H3,(H,15,18);1H. The first-order valence-electron chi connectivity index (χ1n) is 5.69. The molecule has 108 valence electrons. The smallest absolute Gasteiger partial charge is 0.257 e. The molecule has 3 N–H and O–H groups in total. The quantitative estimate of drug-likeness (QED) is 0.899. The first-order valence-corrected chi connectivity index (χ1v) is 6.07. The fourth-order valence-electron chi connectivity index (χ4n) is 1.49. The van der Waals surface area contributed by atoms with E-state index in [4.69, 9.17) is 21.9 Å². The van der Waals surface area contributed by atoms with Gasteiger partial charge in [-0.05, 0) is 31.2 Å². The molecule has 6 nitrogen and oxygen atoms in total. The van der Waals surface area contributed by atoms with Gasteiger partial charge in [-0.2, -0.15) is 4.98 Å². The molecule has 0 aliphatic carbocycles. The van der Waals surface area contributed by atoms with Crippen molar-refractivity contribution in [1.29, 1.82) is 0 Å². The van der Waals surface area contributed by atoms with Gasteiger partial charge in [-0.1, -0.05) is 16.8 Å². The summed E-state index contributed by atoms with van der Waals surface area (Å²) in [5.74, 6) is 0.498. The summed E-state index contributed by atoms with van der Waals surface area (Å²) in [6.07, 6.45) is 0. The highest BCUT2D eigenvalue weighted by Gasteiger charge is 2.16. The molecule has 1 unspecified atom stereocenters. The Labute approximate surface area is 127 Å². The average molecular weight is 317 g/mol. The molecular weight excluding hydrogens is 303 g/mol. The Morgan fingerprint density at radius 1 is 1.45 bits per heavy atom. The third-order valence-electron chi connectivity index (χ3n) is 2.48. The van der Waals surface area contributed by atoms with Crippen molar-refractivity contribution >= 4 is 29.9 Å². The van der Waals surface area contributed by atoms with Crippen LogP contribution in [0.1, 0.15) is 18.8 Å². The minimum absolute atomic E-state index is 0. The number of nitrogens with zero attached hydrogens (tertiary/aromatic N) is 2. The lowest BCUT2D eigenvalue weighted by Crippen LogP contribution is -2.32. The lowest BCUT2D eigenvalue weighted by Gasteiger charge is -2.07. The van der Waals surface area contributed by atoms with Gasteiger partial charge in [0.05, 0.1) is 12.6 Å². The van der Waals surface area contributed by atoms with Crippen LogP contribution in [-0.4, -0.2) is 22.6 Å². The molecule has 0 aliphatic rings. The second kappa shape index (κ2) is 7.23. The van der Waals surface area contributed by atoms with Crippen molar-refractivity contribution in [2.75, 3.05) is 6.54 Å². The number of hydrogen-bond acceptors (Lipinski definition) is 5. The molecule has 1 amide bonds. The number of nitrogens with one attached hydrogen (secondary N) is 1. The Morgan fingerprint density at radius 3 is 2.70 bits per heavy atom. The zero-order valence-corrected chi connectivity index (χ0v) is 12.2. The predicted octanol–water partition coefficient (Wildman–Crippen LogP) is 1.95. The molecule has 8 heteroatoms. The monoisotopic (exact) mass is 316 g/mol. The van der Waals surface area contributed by atoms with E-state index in [1.165, 1.54) is 0 Å². The number of benzene rings is 1. The van der Waals surface area contributed by atoms with E-state index in [0.717, 1.165) is 5.56 Å². The first kappa shape index (κ1) is 16.4. The largest absolute Gasteiger partial charge is 0.345 e. The zero-order chi connectivity index (χ0) is 13.8. The molecule has 0 radical (unpaired) electrons. The van der Waals surface area contributed by atoms with E-state index in [2.05, 4.69) is 15.5 Å². The van der Waals surface area contributed by atoms with Crippen molar-refractivity contribution < 1.29 is 9.32 Å². The highest BCUT2D eigenvalue weighted by atomic mass is 35.5. The van der Waals surface area contributed by atoms with Crippen molar-refractivity contribution in [2.45, 2.75) is 13.0 Å². The van der Waals surface area contributed by atoms with Crippen LogP contribution in [0.4, 0.5) is 0 Å². The van der Waals surface area contributed by atoms with Crippen molar-refractivity contribution in [1.82, 2.24) is 15.5 Å². The van der Waals surface area contributed by atoms with E-state index in [0.29, 0.717) is 16.7 Å². The van der Waals surface area contributed by atoms with Crippen LogP contribution >= 0.6 is 24.0 Å². The molecule has 20 heavy (non-hydrogen) atoms. The number of amides is 1. The van der Waals surface area contributed by atoms with E-state index in [-0.39, 0.29) is 30.9 Å². The number of carbonyl (C=O) groups is 1. The lowest BCUT2D eigenvalue weighted by atomic mass is 10.2. The average Bonchev–Trinajstić information content (AvgIpc) is 2.89. The number of aromatic nitrogens is 2. The Hall–Kier alpha value is -1.63. The Bertz CT molecular complexity index is 571. The fraction of sp³-hybridized carbons (Fsp3) is 0.250. The van der Waals surface area contributed by atoms with Gasteiger partial charge >= 0.3 is 0 Å². The van der Waals surface area contributed by atoms with Gasteiger partial charge in [-0.25, -0.2) is 0 Å². The molecule has 0 fully saturated rings. The summed E-state index contributed by atoms with van der Waals surface area (Å²) >= 11 is 5.80. The van der Waals surface area contributed by atoms with Gasteiger partial charge in [0.15, 0.2) is 5.82 Å². The van der Waals surface area contributed by atoms with Gasteiger partial charge < -0.3 is 15.6 Å². The van der Waals surface area contributed by atoms with Crippen LogP contribution in [0.5, 0.6) is 0 Å². The van der Waals surface area contributed by atoms with Gasteiger partial charge in [-0.15, -0.1) is 12.4 Å². The van der Waals surface area contributed by atoms with E-state index in [1.54, 1.807) is 31.2 Å². The summed E-state index contributed by atoms with van der Waals surface area (Å²) in [6.45, 7) is 1.68. The summed E-state index contributed by atoms with van der Waals surface area (Å²) in [5.41, 5.74) is 5.98. The highest BCUT2D eigenvalue weighted by molar-refractivity contribution is 6.30. The maximum Gasteiger partial charge on any atom is 0.257 e. The number of nitrogens with two attached hydrogens (primary N) is 1. The van der Waals surface area contributed by atoms with E-state index < -0.39 is 0 Å². The minimum Gasteiger partial charge on any atom is -0.345 e. The molecule has 1 aromatic heterocycles. The molecule has 0 saturated heterocycles. The lowest BCUT2D eigenvalue weighted by molar-refractivity contribution is -0.120. The molecule has 2 aromatic rings. The Morgan fingerprint density at radius 2 is 2.10 bits per heavy atom. The summed E-state index contributed by atoms with van der Waals surface area (Å²) in [4.78, 5) is 15.4. The number of halogens is 2. The van der Waals surface area contributed by atoms with Crippen LogP contribution in [0.3, 0.4) is 0 Å². The second-order valence-corrected chi connectivity index (χ2v) is 4.39. The fourth-order valence-corrected chi connectivity index (χ4v) is 1.61. The maximum absolute atomic E-state index is 11.2. The highest BCUT2D eigenvalue weighted by Crippen LogP contribution is 2.21. The van der Waals surface area contributed by atoms with Gasteiger partial charge in [0, 0.05) is 10.6 Å². The molecule has 0 bridgehead atoms. The molecule has 0 spiro atoms. The van der Waals surface area contributed by atoms with Crippen LogP contribution < -0.4 is 11.1 Å². The molecule has 0 saturated carbocycles. The molecule has 1 aromatic carbocycles. The number of rotatable bonds is 4. The Kier molecular flexibility index (Phi) is 5.94. The zero-order valence-electron chi connectivity index (χ0n) is 10.7. The number of carbonyl (C=O) groups excluding carboxylic acids is 1. The maximum atomic E-state index is 11.2. The van der Waals surface area contributed by atoms with E-state index in [1.807, 2.05) is 0 Å². The predicted molar refractivity (Wildman–Crippen MR) is 77.6 cm³/mol. The third-order valence-corrected chi connectivity index (χ3v) is 2.74. The van der Waals surface area contributed by atoms with Crippen LogP contribution in [0, 0.1) is 0 Å². The topological polar surface area (TPSA) is 94.0 Å². The van der Waals surface area contributed by atoms with Crippen LogP contribution in [0.2, 0.25) is 5.02 Å². The van der Waals surface area contributed by atoms with Crippen LogP contribution in [0.25, 0.3) is 11.5 Å². The first-order chi connectivity index (χ1) is 9.10. The van der Waals surface area contributed by atoms with Crippen molar-refractivity contribution in [3.8, 4) is 11.5 Å². The van der Waals surface area contributed by atoms with Gasteiger partial charge in [0.1, 0.15) is 0 Å². The Balaban J connectivity index is 0.00000200. The van der Waals surface area contributed by atoms with Crippen LogP contribution in [0.15, 0.2) is 28.8 Å². The summed E-state index contributed by atoms with van der Waals surface area (Å²) in [7, 11) is 0. The third kappa shape index (κ3) is 3.93.